The van der Waals surface area contributed by atoms with Crippen LogP contribution in [-0.2, 0) is 25.7 Å². The predicted octanol–water partition coefficient (Wildman–Crippen LogP) is 4.05. The van der Waals surface area contributed by atoms with Crippen molar-refractivity contribution >= 4 is 0 Å². The first kappa shape index (κ1) is 16.8. The molecular formula is C19H17F3N4. The quantitative estimate of drug-likeness (QED) is 0.768. The summed E-state index contributed by atoms with van der Waals surface area (Å²) >= 11 is 0. The van der Waals surface area contributed by atoms with E-state index in [-0.39, 0.29) is 0 Å². The number of nitrogens with zero attached hydrogens (tertiary/aromatic N) is 3. The largest absolute Gasteiger partial charge is 0.416 e. The number of aromatic amines is 1. The summed E-state index contributed by atoms with van der Waals surface area (Å²) in [5.41, 5.74) is 3.10. The first-order valence-electron chi connectivity index (χ1n) is 8.36. The van der Waals surface area contributed by atoms with Crippen molar-refractivity contribution in [1.82, 2.24) is 19.9 Å². The third-order valence-electron chi connectivity index (χ3n) is 4.55. The van der Waals surface area contributed by atoms with E-state index in [9.17, 15) is 13.2 Å². The molecule has 0 fully saturated rings. The van der Waals surface area contributed by atoms with Gasteiger partial charge in [-0.2, -0.15) is 13.2 Å². The van der Waals surface area contributed by atoms with Gasteiger partial charge in [-0.3, -0.25) is 4.90 Å². The minimum Gasteiger partial charge on any atom is -0.364 e. The molecule has 7 heteroatoms. The first-order valence-corrected chi connectivity index (χ1v) is 8.36. The second-order valence-corrected chi connectivity index (χ2v) is 6.40. The number of fused-ring (bicyclic) bond motifs is 1. The summed E-state index contributed by atoms with van der Waals surface area (Å²) in [6.07, 6.45) is 0.219. The number of aromatic nitrogens is 3. The van der Waals surface area contributed by atoms with Crippen LogP contribution < -0.4 is 0 Å². The maximum Gasteiger partial charge on any atom is 0.416 e. The predicted molar refractivity (Wildman–Crippen MR) is 91.1 cm³/mol. The Kier molecular flexibility index (Phi) is 4.24. The summed E-state index contributed by atoms with van der Waals surface area (Å²) in [4.78, 5) is 14.4. The summed E-state index contributed by atoms with van der Waals surface area (Å²) in [5, 5.41) is 0. The van der Waals surface area contributed by atoms with Gasteiger partial charge >= 0.3 is 6.18 Å². The van der Waals surface area contributed by atoms with E-state index in [1.807, 2.05) is 18.3 Å². The van der Waals surface area contributed by atoms with Gasteiger partial charge in [0.1, 0.15) is 0 Å². The summed E-state index contributed by atoms with van der Waals surface area (Å²) in [5.74, 6) is 0.458. The Morgan fingerprint density at radius 1 is 1.12 bits per heavy atom. The molecule has 0 amide bonds. The van der Waals surface area contributed by atoms with Crippen LogP contribution in [0.3, 0.4) is 0 Å². The lowest BCUT2D eigenvalue weighted by atomic mass is 10.1. The van der Waals surface area contributed by atoms with Crippen LogP contribution in [0.15, 0.2) is 48.8 Å². The minimum absolute atomic E-state index is 0.458. The Morgan fingerprint density at radius 2 is 1.92 bits per heavy atom. The molecule has 0 saturated heterocycles. The van der Waals surface area contributed by atoms with Crippen LogP contribution in [-0.4, -0.2) is 26.4 Å². The number of alkyl halides is 3. The van der Waals surface area contributed by atoms with Gasteiger partial charge in [0.15, 0.2) is 5.82 Å². The molecule has 26 heavy (non-hydrogen) atoms. The molecule has 1 aliphatic heterocycles. The fourth-order valence-corrected chi connectivity index (χ4v) is 3.15. The number of hydrogen-bond acceptors (Lipinski definition) is 3. The minimum atomic E-state index is -4.34. The molecule has 4 nitrogen and oxygen atoms in total. The zero-order valence-corrected chi connectivity index (χ0v) is 13.9. The average Bonchev–Trinajstić information content (AvgIpc) is 3.13. The molecule has 1 N–H and O–H groups in total. The SMILES string of the molecule is FC(F)(F)c1ccc(-c2ncc3c(n2)CN(Cc2ccc[nH]2)CC3)cc1. The molecule has 2 aromatic heterocycles. The van der Waals surface area contributed by atoms with Crippen molar-refractivity contribution in [3.8, 4) is 11.4 Å². The lowest BCUT2D eigenvalue weighted by molar-refractivity contribution is -0.137. The van der Waals surface area contributed by atoms with Gasteiger partial charge in [-0.05, 0) is 36.2 Å². The molecule has 3 heterocycles. The highest BCUT2D eigenvalue weighted by molar-refractivity contribution is 5.56. The molecule has 0 radical (unpaired) electrons. The zero-order chi connectivity index (χ0) is 18.1. The lowest BCUT2D eigenvalue weighted by Crippen LogP contribution is -2.31. The molecular weight excluding hydrogens is 341 g/mol. The number of hydrogen-bond donors (Lipinski definition) is 1. The van der Waals surface area contributed by atoms with Gasteiger partial charge in [0.2, 0.25) is 0 Å². The average molecular weight is 358 g/mol. The second kappa shape index (κ2) is 6.57. The third kappa shape index (κ3) is 3.48. The van der Waals surface area contributed by atoms with Crippen LogP contribution in [0.25, 0.3) is 11.4 Å². The molecule has 4 rings (SSSR count). The normalized spacial score (nSPS) is 15.0. The number of benzene rings is 1. The highest BCUT2D eigenvalue weighted by atomic mass is 19.4. The maximum absolute atomic E-state index is 12.7. The lowest BCUT2D eigenvalue weighted by Gasteiger charge is -2.27. The Bertz CT molecular complexity index is 886. The molecule has 0 spiro atoms. The topological polar surface area (TPSA) is 44.8 Å². The summed E-state index contributed by atoms with van der Waals surface area (Å²) in [6, 6.07) is 8.99. The van der Waals surface area contributed by atoms with Gasteiger partial charge in [0, 0.05) is 43.3 Å². The molecule has 0 aliphatic carbocycles. The molecule has 3 aromatic rings. The highest BCUT2D eigenvalue weighted by Gasteiger charge is 2.30. The van der Waals surface area contributed by atoms with Gasteiger partial charge < -0.3 is 4.98 Å². The van der Waals surface area contributed by atoms with E-state index < -0.39 is 11.7 Å². The molecule has 1 aromatic carbocycles. The Hall–Kier alpha value is -2.67. The molecule has 0 bridgehead atoms. The number of H-pyrrole nitrogens is 1. The molecule has 134 valence electrons. The Labute approximate surface area is 148 Å². The van der Waals surface area contributed by atoms with Crippen molar-refractivity contribution in [2.24, 2.45) is 0 Å². The van der Waals surface area contributed by atoms with Gasteiger partial charge in [-0.25, -0.2) is 9.97 Å². The van der Waals surface area contributed by atoms with Gasteiger partial charge in [-0.15, -0.1) is 0 Å². The summed E-state index contributed by atoms with van der Waals surface area (Å²) < 4.78 is 38.1. The van der Waals surface area contributed by atoms with Crippen molar-refractivity contribution in [2.45, 2.75) is 25.7 Å². The summed E-state index contributed by atoms with van der Waals surface area (Å²) in [7, 11) is 0. The second-order valence-electron chi connectivity index (χ2n) is 6.40. The van der Waals surface area contributed by atoms with Crippen molar-refractivity contribution in [3.63, 3.8) is 0 Å². The number of rotatable bonds is 3. The number of halogens is 3. The van der Waals surface area contributed by atoms with Crippen molar-refractivity contribution in [1.29, 1.82) is 0 Å². The number of nitrogens with one attached hydrogen (secondary N) is 1. The van der Waals surface area contributed by atoms with E-state index >= 15 is 0 Å². The maximum atomic E-state index is 12.7. The van der Waals surface area contributed by atoms with Crippen LogP contribution in [0.5, 0.6) is 0 Å². The van der Waals surface area contributed by atoms with E-state index in [0.717, 1.165) is 48.6 Å². The van der Waals surface area contributed by atoms with Gasteiger partial charge in [0.05, 0.1) is 11.3 Å². The van der Waals surface area contributed by atoms with E-state index in [0.29, 0.717) is 17.9 Å². The molecule has 0 unspecified atom stereocenters. The summed E-state index contributed by atoms with van der Waals surface area (Å²) in [6.45, 7) is 2.44. The third-order valence-corrected chi connectivity index (χ3v) is 4.55. The van der Waals surface area contributed by atoms with Crippen LogP contribution in [0.1, 0.15) is 22.5 Å². The van der Waals surface area contributed by atoms with E-state index in [4.69, 9.17) is 0 Å². The standard InChI is InChI=1S/C19H17F3N4/c20-19(21,22)15-5-3-13(4-6-15)18-24-10-14-7-9-26(12-17(14)25-18)11-16-2-1-8-23-16/h1-6,8,10,23H,7,9,11-12H2. The molecule has 0 atom stereocenters. The highest BCUT2D eigenvalue weighted by Crippen LogP contribution is 2.30. The van der Waals surface area contributed by atoms with Crippen LogP contribution >= 0.6 is 0 Å². The van der Waals surface area contributed by atoms with Crippen LogP contribution in [0.4, 0.5) is 13.2 Å². The fraction of sp³-hybridized carbons (Fsp3) is 0.263. The molecule has 1 aliphatic rings. The van der Waals surface area contributed by atoms with Crippen molar-refractivity contribution < 1.29 is 13.2 Å². The van der Waals surface area contributed by atoms with Crippen LogP contribution in [0.2, 0.25) is 0 Å². The Balaban J connectivity index is 1.55. The Morgan fingerprint density at radius 3 is 2.62 bits per heavy atom. The first-order chi connectivity index (χ1) is 12.5. The molecule has 0 saturated carbocycles. The van der Waals surface area contributed by atoms with Gasteiger partial charge in [-0.1, -0.05) is 12.1 Å². The smallest absolute Gasteiger partial charge is 0.364 e. The van der Waals surface area contributed by atoms with E-state index in [1.165, 1.54) is 12.1 Å². The van der Waals surface area contributed by atoms with E-state index in [1.54, 1.807) is 6.20 Å². The monoisotopic (exact) mass is 358 g/mol. The fourth-order valence-electron chi connectivity index (χ4n) is 3.15. The van der Waals surface area contributed by atoms with Crippen molar-refractivity contribution in [3.05, 3.63) is 71.3 Å². The van der Waals surface area contributed by atoms with Crippen molar-refractivity contribution in [2.75, 3.05) is 6.54 Å². The van der Waals surface area contributed by atoms with E-state index in [2.05, 4.69) is 19.9 Å². The zero-order valence-electron chi connectivity index (χ0n) is 13.9. The van der Waals surface area contributed by atoms with Crippen LogP contribution in [0, 0.1) is 0 Å². The van der Waals surface area contributed by atoms with Gasteiger partial charge in [0.25, 0.3) is 0 Å².